The number of pyridine rings is 1. The van der Waals surface area contributed by atoms with Crippen LogP contribution in [0.2, 0.25) is 0 Å². The molecule has 0 radical (unpaired) electrons. The van der Waals surface area contributed by atoms with Crippen molar-refractivity contribution < 1.29 is 9.90 Å². The van der Waals surface area contributed by atoms with Crippen LogP contribution in [0.1, 0.15) is 13.3 Å². The minimum absolute atomic E-state index is 0.127. The average molecular weight is 244 g/mol. The number of fused-ring (bicyclic) bond motifs is 1. The number of para-hydroxylation sites is 1. The number of hydrogen-bond donors (Lipinski definition) is 1. The maximum atomic E-state index is 10.6. The first-order chi connectivity index (χ1) is 8.70. The van der Waals surface area contributed by atoms with E-state index in [4.69, 9.17) is 5.11 Å². The zero-order valence-corrected chi connectivity index (χ0v) is 10.3. The van der Waals surface area contributed by atoms with Gasteiger partial charge in [-0.2, -0.15) is 0 Å². The van der Waals surface area contributed by atoms with Crippen LogP contribution in [0, 0.1) is 0 Å². The predicted octanol–water partition coefficient (Wildman–Crippen LogP) is 2.54. The van der Waals surface area contributed by atoms with Gasteiger partial charge in [-0.05, 0) is 25.1 Å². The number of benzene rings is 1. The Morgan fingerprint density at radius 3 is 2.78 bits per heavy atom. The van der Waals surface area contributed by atoms with Crippen LogP contribution in [0.15, 0.2) is 36.4 Å². The third-order valence-corrected chi connectivity index (χ3v) is 2.89. The number of aliphatic carboxylic acids is 1. The Morgan fingerprint density at radius 2 is 2.06 bits per heavy atom. The molecule has 0 amide bonds. The van der Waals surface area contributed by atoms with Crippen molar-refractivity contribution in [2.45, 2.75) is 13.3 Å². The molecule has 0 saturated heterocycles. The van der Waals surface area contributed by atoms with Crippen LogP contribution in [0.25, 0.3) is 10.9 Å². The van der Waals surface area contributed by atoms with Crippen molar-refractivity contribution in [3.8, 4) is 0 Å². The third-order valence-electron chi connectivity index (χ3n) is 2.89. The number of carboxylic acid groups (broad SMARTS) is 1. The maximum Gasteiger partial charge on any atom is 0.305 e. The molecule has 0 aliphatic heterocycles. The average Bonchev–Trinajstić information content (AvgIpc) is 2.39. The summed E-state index contributed by atoms with van der Waals surface area (Å²) in [6.07, 6.45) is 0.127. The normalized spacial score (nSPS) is 10.5. The number of rotatable bonds is 5. The van der Waals surface area contributed by atoms with Gasteiger partial charge in [0.15, 0.2) is 0 Å². The Balaban J connectivity index is 2.24. The highest BCUT2D eigenvalue weighted by Gasteiger charge is 2.08. The lowest BCUT2D eigenvalue weighted by Gasteiger charge is -2.21. The summed E-state index contributed by atoms with van der Waals surface area (Å²) in [7, 11) is 0. The van der Waals surface area contributed by atoms with Crippen molar-refractivity contribution in [3.63, 3.8) is 0 Å². The minimum Gasteiger partial charge on any atom is -0.481 e. The highest BCUT2D eigenvalue weighted by Crippen LogP contribution is 2.17. The number of nitrogens with zero attached hydrogens (tertiary/aromatic N) is 2. The number of hydrogen-bond acceptors (Lipinski definition) is 3. The van der Waals surface area contributed by atoms with Gasteiger partial charge in [0.1, 0.15) is 5.82 Å². The van der Waals surface area contributed by atoms with Crippen LogP contribution in [-0.4, -0.2) is 29.1 Å². The second-order valence-corrected chi connectivity index (χ2v) is 4.09. The second-order valence-electron chi connectivity index (χ2n) is 4.09. The number of carbonyl (C=O) groups is 1. The first-order valence-corrected chi connectivity index (χ1v) is 6.03. The van der Waals surface area contributed by atoms with E-state index in [-0.39, 0.29) is 6.42 Å². The van der Waals surface area contributed by atoms with Gasteiger partial charge >= 0.3 is 5.97 Å². The molecule has 2 rings (SSSR count). The van der Waals surface area contributed by atoms with Crippen LogP contribution >= 0.6 is 0 Å². The monoisotopic (exact) mass is 244 g/mol. The van der Waals surface area contributed by atoms with Crippen molar-refractivity contribution in [3.05, 3.63) is 36.4 Å². The first kappa shape index (κ1) is 12.4. The van der Waals surface area contributed by atoms with E-state index < -0.39 is 5.97 Å². The summed E-state index contributed by atoms with van der Waals surface area (Å²) in [6.45, 7) is 3.23. The molecule has 1 heterocycles. The lowest BCUT2D eigenvalue weighted by atomic mass is 10.2. The molecule has 94 valence electrons. The smallest absolute Gasteiger partial charge is 0.305 e. The molecule has 4 nitrogen and oxygen atoms in total. The number of carboxylic acids is 1. The highest BCUT2D eigenvalue weighted by atomic mass is 16.4. The van der Waals surface area contributed by atoms with E-state index in [2.05, 4.69) is 4.98 Å². The molecule has 0 bridgehead atoms. The molecular weight excluding hydrogens is 228 g/mol. The van der Waals surface area contributed by atoms with Crippen molar-refractivity contribution in [2.75, 3.05) is 18.0 Å². The van der Waals surface area contributed by atoms with Gasteiger partial charge in [0.2, 0.25) is 0 Å². The SMILES string of the molecule is CCN(CCC(=O)O)c1ccc2ccccc2n1. The molecule has 2 aromatic rings. The van der Waals surface area contributed by atoms with Crippen LogP contribution in [0.4, 0.5) is 5.82 Å². The van der Waals surface area contributed by atoms with Crippen LogP contribution in [0.3, 0.4) is 0 Å². The van der Waals surface area contributed by atoms with E-state index in [0.717, 1.165) is 23.3 Å². The Kier molecular flexibility index (Phi) is 3.77. The topological polar surface area (TPSA) is 53.4 Å². The van der Waals surface area contributed by atoms with Crippen molar-refractivity contribution >= 4 is 22.7 Å². The fourth-order valence-corrected chi connectivity index (χ4v) is 1.90. The molecule has 0 fully saturated rings. The number of anilines is 1. The molecule has 1 aromatic heterocycles. The lowest BCUT2D eigenvalue weighted by Crippen LogP contribution is -2.26. The molecule has 0 aliphatic carbocycles. The lowest BCUT2D eigenvalue weighted by molar-refractivity contribution is -0.136. The van der Waals surface area contributed by atoms with Crippen LogP contribution in [0.5, 0.6) is 0 Å². The molecule has 1 aromatic carbocycles. The Morgan fingerprint density at radius 1 is 1.28 bits per heavy atom. The van der Waals surface area contributed by atoms with Crippen LogP contribution in [-0.2, 0) is 4.79 Å². The fraction of sp³-hybridized carbons (Fsp3) is 0.286. The van der Waals surface area contributed by atoms with E-state index >= 15 is 0 Å². The molecule has 0 spiro atoms. The van der Waals surface area contributed by atoms with Gasteiger partial charge in [-0.25, -0.2) is 4.98 Å². The number of aromatic nitrogens is 1. The van der Waals surface area contributed by atoms with E-state index in [1.165, 1.54) is 0 Å². The Hall–Kier alpha value is -2.10. The first-order valence-electron chi connectivity index (χ1n) is 6.03. The maximum absolute atomic E-state index is 10.6. The summed E-state index contributed by atoms with van der Waals surface area (Å²) in [5.41, 5.74) is 0.934. The van der Waals surface area contributed by atoms with Gasteiger partial charge in [-0.15, -0.1) is 0 Å². The molecule has 4 heteroatoms. The standard InChI is InChI=1S/C14H16N2O2/c1-2-16(10-9-14(17)18)13-8-7-11-5-3-4-6-12(11)15-13/h3-8H,2,9-10H2,1H3,(H,17,18). The molecule has 0 atom stereocenters. The summed E-state index contributed by atoms with van der Waals surface area (Å²) >= 11 is 0. The van der Waals surface area contributed by atoms with Gasteiger partial charge in [-0.1, -0.05) is 18.2 Å². The summed E-state index contributed by atoms with van der Waals surface area (Å²) in [5.74, 6) is 0.0479. The van der Waals surface area contributed by atoms with Gasteiger partial charge in [0.25, 0.3) is 0 Å². The van der Waals surface area contributed by atoms with Crippen molar-refractivity contribution in [1.29, 1.82) is 0 Å². The largest absolute Gasteiger partial charge is 0.481 e. The van der Waals surface area contributed by atoms with Crippen molar-refractivity contribution in [1.82, 2.24) is 4.98 Å². The van der Waals surface area contributed by atoms with Gasteiger partial charge in [0.05, 0.1) is 11.9 Å². The van der Waals surface area contributed by atoms with Gasteiger partial charge < -0.3 is 10.0 Å². The zero-order chi connectivity index (χ0) is 13.0. The Bertz CT molecular complexity index is 554. The summed E-state index contributed by atoms with van der Waals surface area (Å²) in [4.78, 5) is 17.1. The molecule has 0 saturated carbocycles. The Labute approximate surface area is 106 Å². The zero-order valence-electron chi connectivity index (χ0n) is 10.3. The van der Waals surface area contributed by atoms with E-state index in [1.54, 1.807) is 0 Å². The fourth-order valence-electron chi connectivity index (χ4n) is 1.90. The molecule has 18 heavy (non-hydrogen) atoms. The second kappa shape index (κ2) is 5.49. The van der Waals surface area contributed by atoms with E-state index in [9.17, 15) is 4.79 Å². The summed E-state index contributed by atoms with van der Waals surface area (Å²) < 4.78 is 0. The van der Waals surface area contributed by atoms with Gasteiger partial charge in [0, 0.05) is 18.5 Å². The summed E-state index contributed by atoms with van der Waals surface area (Å²) in [5, 5.41) is 9.82. The molecule has 1 N–H and O–H groups in total. The highest BCUT2D eigenvalue weighted by molar-refractivity contribution is 5.80. The van der Waals surface area contributed by atoms with Crippen LogP contribution < -0.4 is 4.90 Å². The van der Waals surface area contributed by atoms with E-state index in [1.807, 2.05) is 48.2 Å². The third kappa shape index (κ3) is 2.77. The van der Waals surface area contributed by atoms with E-state index in [0.29, 0.717) is 6.54 Å². The summed E-state index contributed by atoms with van der Waals surface area (Å²) in [6, 6.07) is 11.9. The quantitative estimate of drug-likeness (QED) is 0.878. The van der Waals surface area contributed by atoms with Crippen molar-refractivity contribution in [2.24, 2.45) is 0 Å². The molecule has 0 aliphatic rings. The molecule has 0 unspecified atom stereocenters. The predicted molar refractivity (Wildman–Crippen MR) is 71.9 cm³/mol. The molecular formula is C14H16N2O2. The minimum atomic E-state index is -0.783. The van der Waals surface area contributed by atoms with Gasteiger partial charge in [-0.3, -0.25) is 4.79 Å².